The molecule has 1 atom stereocenters. The molecule has 0 fully saturated rings. The summed E-state index contributed by atoms with van der Waals surface area (Å²) in [5.41, 5.74) is 5.56. The predicted octanol–water partition coefficient (Wildman–Crippen LogP) is 6.89. The minimum absolute atomic E-state index is 0.0729. The zero-order valence-electron chi connectivity index (χ0n) is 16.3. The molecule has 2 aromatic carbocycles. The van der Waals surface area contributed by atoms with Crippen molar-refractivity contribution in [2.75, 3.05) is 0 Å². The second kappa shape index (κ2) is 7.42. The molecule has 2 heterocycles. The number of carbonyl (C=O) groups is 1. The lowest BCUT2D eigenvalue weighted by atomic mass is 9.95. The molecule has 5 rings (SSSR count). The van der Waals surface area contributed by atoms with Crippen LogP contribution >= 0.6 is 23.2 Å². The summed E-state index contributed by atoms with van der Waals surface area (Å²) in [4.78, 5) is 17.8. The molecule has 0 aliphatic heterocycles. The largest absolute Gasteiger partial charge is 0.292 e. The van der Waals surface area contributed by atoms with Crippen molar-refractivity contribution in [2.24, 2.45) is 5.92 Å². The van der Waals surface area contributed by atoms with Crippen LogP contribution in [0.3, 0.4) is 0 Å². The molecule has 0 saturated carbocycles. The number of aromatic nitrogens is 2. The van der Waals surface area contributed by atoms with E-state index in [1.54, 1.807) is 6.20 Å². The number of ketones is 1. The van der Waals surface area contributed by atoms with E-state index < -0.39 is 0 Å². The molecule has 0 amide bonds. The first-order valence-electron chi connectivity index (χ1n) is 9.79. The van der Waals surface area contributed by atoms with Crippen LogP contribution in [0, 0.1) is 5.92 Å². The first kappa shape index (κ1) is 19.1. The van der Waals surface area contributed by atoms with Crippen LogP contribution in [-0.2, 0) is 6.42 Å². The Morgan fingerprint density at radius 3 is 2.27 bits per heavy atom. The minimum atomic E-state index is -0.0729. The van der Waals surface area contributed by atoms with Crippen molar-refractivity contribution in [2.45, 2.75) is 13.3 Å². The van der Waals surface area contributed by atoms with Crippen molar-refractivity contribution in [1.29, 1.82) is 0 Å². The van der Waals surface area contributed by atoms with Gasteiger partial charge in [-0.1, -0.05) is 60.5 Å². The van der Waals surface area contributed by atoms with Crippen LogP contribution in [-0.4, -0.2) is 15.3 Å². The molecule has 1 aliphatic carbocycles. The minimum Gasteiger partial charge on any atom is -0.292 e. The molecule has 0 saturated heterocycles. The van der Waals surface area contributed by atoms with Crippen LogP contribution in [0.4, 0.5) is 0 Å². The number of halogens is 2. The Labute approximate surface area is 184 Å². The van der Waals surface area contributed by atoms with E-state index in [1.807, 2.05) is 78.2 Å². The number of hydrogen-bond donors (Lipinski definition) is 0. The van der Waals surface area contributed by atoms with Crippen molar-refractivity contribution < 1.29 is 4.79 Å². The van der Waals surface area contributed by atoms with Gasteiger partial charge in [0.2, 0.25) is 0 Å². The molecule has 5 heteroatoms. The summed E-state index contributed by atoms with van der Waals surface area (Å²) in [6.07, 6.45) is 2.43. The molecular formula is C25H18Cl2N2O. The van der Waals surface area contributed by atoms with Gasteiger partial charge < -0.3 is 0 Å². The van der Waals surface area contributed by atoms with Crippen molar-refractivity contribution >= 4 is 29.0 Å². The van der Waals surface area contributed by atoms with E-state index in [1.165, 1.54) is 0 Å². The lowest BCUT2D eigenvalue weighted by Gasteiger charge is -2.15. The third-order valence-corrected chi connectivity index (χ3v) is 6.02. The van der Waals surface area contributed by atoms with E-state index in [9.17, 15) is 4.79 Å². The van der Waals surface area contributed by atoms with Crippen LogP contribution < -0.4 is 0 Å². The van der Waals surface area contributed by atoms with E-state index >= 15 is 0 Å². The van der Waals surface area contributed by atoms with Crippen molar-refractivity contribution in [3.8, 4) is 28.2 Å². The van der Waals surface area contributed by atoms with E-state index in [0.717, 1.165) is 27.9 Å². The van der Waals surface area contributed by atoms with E-state index in [2.05, 4.69) is 4.98 Å². The van der Waals surface area contributed by atoms with Gasteiger partial charge in [-0.2, -0.15) is 0 Å². The fourth-order valence-corrected chi connectivity index (χ4v) is 4.67. The molecule has 1 aliphatic rings. The van der Waals surface area contributed by atoms with Gasteiger partial charge in [-0.05, 0) is 53.9 Å². The topological polar surface area (TPSA) is 34.9 Å². The Morgan fingerprint density at radius 1 is 0.900 bits per heavy atom. The summed E-state index contributed by atoms with van der Waals surface area (Å²) < 4.78 is 1.99. The van der Waals surface area contributed by atoms with Crippen molar-refractivity contribution in [1.82, 2.24) is 9.55 Å². The summed E-state index contributed by atoms with van der Waals surface area (Å²) >= 11 is 12.7. The summed E-state index contributed by atoms with van der Waals surface area (Å²) in [6.45, 7) is 1.98. The maximum atomic E-state index is 13.3. The summed E-state index contributed by atoms with van der Waals surface area (Å²) in [7, 11) is 0. The van der Waals surface area contributed by atoms with Crippen LogP contribution in [0.1, 0.15) is 23.0 Å². The van der Waals surface area contributed by atoms with E-state index in [4.69, 9.17) is 23.2 Å². The number of benzene rings is 2. The lowest BCUT2D eigenvalue weighted by Crippen LogP contribution is -2.12. The maximum absolute atomic E-state index is 13.3. The molecule has 30 heavy (non-hydrogen) atoms. The molecule has 0 bridgehead atoms. The molecule has 0 spiro atoms. The summed E-state index contributed by atoms with van der Waals surface area (Å²) in [6, 6.07) is 21.2. The van der Waals surface area contributed by atoms with Crippen LogP contribution in [0.2, 0.25) is 10.0 Å². The van der Waals surface area contributed by atoms with Gasteiger partial charge in [0, 0.05) is 33.3 Å². The highest BCUT2D eigenvalue weighted by Gasteiger charge is 2.37. The first-order valence-corrected chi connectivity index (χ1v) is 10.5. The zero-order valence-corrected chi connectivity index (χ0v) is 17.8. The highest BCUT2D eigenvalue weighted by atomic mass is 35.5. The molecule has 0 radical (unpaired) electrons. The second-order valence-electron chi connectivity index (χ2n) is 7.56. The average molecular weight is 433 g/mol. The monoisotopic (exact) mass is 432 g/mol. The highest BCUT2D eigenvalue weighted by molar-refractivity contribution is 6.31. The number of rotatable bonds is 3. The number of pyridine rings is 1. The normalized spacial score (nSPS) is 15.4. The van der Waals surface area contributed by atoms with Crippen molar-refractivity contribution in [3.05, 3.63) is 94.2 Å². The number of fused-ring (bicyclic) bond motifs is 1. The molecule has 148 valence electrons. The summed E-state index contributed by atoms with van der Waals surface area (Å²) in [5, 5.41) is 1.29. The molecule has 3 nitrogen and oxygen atoms in total. The van der Waals surface area contributed by atoms with E-state index in [0.29, 0.717) is 28.0 Å². The SMILES string of the molecule is CC1Cc2c(-c3cccc(Cl)c3)c(-c3cccc(Cl)c3)n(-c3ccccn3)c2C1=O. The Kier molecular flexibility index (Phi) is 4.73. The van der Waals surface area contributed by atoms with Gasteiger partial charge in [0.25, 0.3) is 0 Å². The molecule has 4 aromatic rings. The fraction of sp³-hybridized carbons (Fsp3) is 0.120. The van der Waals surface area contributed by atoms with Gasteiger partial charge in [0.1, 0.15) is 5.82 Å². The Balaban J connectivity index is 1.93. The Hall–Kier alpha value is -2.88. The first-order chi connectivity index (χ1) is 14.5. The Morgan fingerprint density at radius 2 is 1.60 bits per heavy atom. The lowest BCUT2D eigenvalue weighted by molar-refractivity contribution is 0.0940. The van der Waals surface area contributed by atoms with E-state index in [-0.39, 0.29) is 11.7 Å². The zero-order chi connectivity index (χ0) is 20.8. The van der Waals surface area contributed by atoms with Gasteiger partial charge in [-0.3, -0.25) is 9.36 Å². The predicted molar refractivity (Wildman–Crippen MR) is 122 cm³/mol. The maximum Gasteiger partial charge on any atom is 0.183 e. The Bertz CT molecular complexity index is 1280. The number of Topliss-reactive ketones (excluding diaryl/α,β-unsaturated/α-hetero) is 1. The van der Waals surface area contributed by atoms with Crippen LogP contribution in [0.25, 0.3) is 28.2 Å². The highest BCUT2D eigenvalue weighted by Crippen LogP contribution is 2.46. The third-order valence-electron chi connectivity index (χ3n) is 5.55. The van der Waals surface area contributed by atoms with Crippen molar-refractivity contribution in [3.63, 3.8) is 0 Å². The van der Waals surface area contributed by atoms with Gasteiger partial charge in [0.15, 0.2) is 5.78 Å². The van der Waals surface area contributed by atoms with Crippen LogP contribution in [0.15, 0.2) is 72.9 Å². The van der Waals surface area contributed by atoms with Gasteiger partial charge in [0.05, 0.1) is 11.4 Å². The average Bonchev–Trinajstić information content (AvgIpc) is 3.22. The fourth-order valence-electron chi connectivity index (χ4n) is 4.29. The smallest absolute Gasteiger partial charge is 0.183 e. The second-order valence-corrected chi connectivity index (χ2v) is 8.44. The summed E-state index contributed by atoms with van der Waals surface area (Å²) in [5.74, 6) is 0.767. The van der Waals surface area contributed by atoms with Gasteiger partial charge >= 0.3 is 0 Å². The molecular weight excluding hydrogens is 415 g/mol. The number of nitrogens with zero attached hydrogens (tertiary/aromatic N) is 2. The molecule has 0 N–H and O–H groups in total. The quantitative estimate of drug-likeness (QED) is 0.353. The standard InChI is InChI=1S/C25H18Cl2N2O/c1-15-12-20-22(16-6-4-8-18(26)13-16)23(17-7-5-9-19(27)14-17)29(24(20)25(15)30)21-10-2-3-11-28-21/h2-11,13-15H,12H2,1H3. The van der Waals surface area contributed by atoms with Crippen LogP contribution in [0.5, 0.6) is 0 Å². The number of hydrogen-bond acceptors (Lipinski definition) is 2. The number of carbonyl (C=O) groups excluding carboxylic acids is 1. The molecule has 1 unspecified atom stereocenters. The van der Waals surface area contributed by atoms with Gasteiger partial charge in [-0.25, -0.2) is 4.98 Å². The van der Waals surface area contributed by atoms with Gasteiger partial charge in [-0.15, -0.1) is 0 Å². The third kappa shape index (κ3) is 3.06. The molecule has 2 aromatic heterocycles.